The Kier molecular flexibility index (Phi) is 3.05. The average Bonchev–Trinajstić information content (AvgIpc) is 2.35. The summed E-state index contributed by atoms with van der Waals surface area (Å²) in [4.78, 5) is 11.2. The van der Waals surface area contributed by atoms with Crippen LogP contribution < -0.4 is 4.72 Å². The summed E-state index contributed by atoms with van der Waals surface area (Å²) in [6.07, 6.45) is 5.67. The van der Waals surface area contributed by atoms with E-state index in [0.29, 0.717) is 0 Å². The summed E-state index contributed by atoms with van der Waals surface area (Å²) in [5, 5.41) is 0. The Hall–Kier alpha value is -0.380. The maximum atomic E-state index is 11.2. The number of carbonyl (C=O) groups is 1. The van der Waals surface area contributed by atoms with Crippen molar-refractivity contribution < 1.29 is 9.00 Å². The zero-order chi connectivity index (χ0) is 8.27. The second kappa shape index (κ2) is 3.85. The van der Waals surface area contributed by atoms with E-state index in [0.717, 1.165) is 25.7 Å². The molecule has 1 rings (SSSR count). The van der Waals surface area contributed by atoms with Crippen LogP contribution in [0.25, 0.3) is 0 Å². The molecule has 0 radical (unpaired) electrons. The van der Waals surface area contributed by atoms with Crippen molar-refractivity contribution in [1.82, 2.24) is 4.72 Å². The van der Waals surface area contributed by atoms with E-state index < -0.39 is 11.0 Å². The maximum Gasteiger partial charge on any atom is 0.234 e. The average molecular weight is 175 g/mol. The molecule has 0 spiro atoms. The zero-order valence-electron chi connectivity index (χ0n) is 6.63. The lowest BCUT2D eigenvalue weighted by Gasteiger charge is -2.06. The summed E-state index contributed by atoms with van der Waals surface area (Å²) in [6, 6.07) is 0. The quantitative estimate of drug-likeness (QED) is 0.667. The fraction of sp³-hybridized carbons (Fsp3) is 0.857. The monoisotopic (exact) mass is 175 g/mol. The number of carbonyl (C=O) groups excluding carboxylic acids is 1. The fourth-order valence-electron chi connectivity index (χ4n) is 1.41. The van der Waals surface area contributed by atoms with E-state index in [-0.39, 0.29) is 11.8 Å². The van der Waals surface area contributed by atoms with Crippen LogP contribution in [0.5, 0.6) is 0 Å². The van der Waals surface area contributed by atoms with Gasteiger partial charge >= 0.3 is 0 Å². The SMILES string of the molecule is CS(=O)NC(=O)C1CCCC1. The Morgan fingerprint density at radius 3 is 2.45 bits per heavy atom. The molecule has 0 aromatic rings. The van der Waals surface area contributed by atoms with E-state index in [9.17, 15) is 9.00 Å². The van der Waals surface area contributed by atoms with Gasteiger partial charge in [-0.1, -0.05) is 12.8 Å². The van der Waals surface area contributed by atoms with Crippen LogP contribution >= 0.6 is 0 Å². The van der Waals surface area contributed by atoms with Crippen molar-refractivity contribution in [2.24, 2.45) is 5.92 Å². The first-order valence-corrected chi connectivity index (χ1v) is 5.40. The second-order valence-electron chi connectivity index (χ2n) is 2.90. The van der Waals surface area contributed by atoms with Gasteiger partial charge in [0.05, 0.1) is 0 Å². The molecule has 1 amide bonds. The van der Waals surface area contributed by atoms with Crippen molar-refractivity contribution in [3.63, 3.8) is 0 Å². The second-order valence-corrected chi connectivity index (χ2v) is 4.01. The van der Waals surface area contributed by atoms with Crippen molar-refractivity contribution in [3.05, 3.63) is 0 Å². The molecule has 1 aliphatic rings. The lowest BCUT2D eigenvalue weighted by molar-refractivity contribution is -0.122. The van der Waals surface area contributed by atoms with E-state index in [1.807, 2.05) is 0 Å². The molecule has 1 unspecified atom stereocenters. The number of hydrogen-bond acceptors (Lipinski definition) is 2. The summed E-state index contributed by atoms with van der Waals surface area (Å²) >= 11 is 0. The molecule has 1 saturated carbocycles. The molecular formula is C7H13NO2S. The summed E-state index contributed by atoms with van der Waals surface area (Å²) in [5.74, 6) is 0.0854. The summed E-state index contributed by atoms with van der Waals surface area (Å²) in [5.41, 5.74) is 0. The third kappa shape index (κ3) is 2.61. The number of rotatable bonds is 2. The van der Waals surface area contributed by atoms with E-state index in [2.05, 4.69) is 4.72 Å². The van der Waals surface area contributed by atoms with E-state index in [1.165, 1.54) is 6.26 Å². The molecule has 1 fully saturated rings. The number of amides is 1. The van der Waals surface area contributed by atoms with Crippen LogP contribution in [-0.4, -0.2) is 16.4 Å². The molecule has 0 aromatic heterocycles. The first-order chi connectivity index (χ1) is 5.20. The predicted octanol–water partition coefficient (Wildman–Crippen LogP) is 0.586. The van der Waals surface area contributed by atoms with Gasteiger partial charge in [0.1, 0.15) is 11.0 Å². The molecular weight excluding hydrogens is 162 g/mol. The van der Waals surface area contributed by atoms with Crippen LogP contribution in [0.15, 0.2) is 0 Å². The normalized spacial score (nSPS) is 21.5. The van der Waals surface area contributed by atoms with Crippen molar-refractivity contribution in [1.29, 1.82) is 0 Å². The molecule has 1 aliphatic carbocycles. The third-order valence-electron chi connectivity index (χ3n) is 1.97. The number of hydrogen-bond donors (Lipinski definition) is 1. The first kappa shape index (κ1) is 8.71. The lowest BCUT2D eigenvalue weighted by Crippen LogP contribution is -2.30. The molecule has 0 bridgehead atoms. The molecule has 0 heterocycles. The Balaban J connectivity index is 2.34. The largest absolute Gasteiger partial charge is 0.275 e. The van der Waals surface area contributed by atoms with Crippen molar-refractivity contribution >= 4 is 16.9 Å². The van der Waals surface area contributed by atoms with Crippen molar-refractivity contribution in [2.45, 2.75) is 25.7 Å². The Bertz CT molecular complexity index is 175. The summed E-state index contributed by atoms with van der Waals surface area (Å²) in [7, 11) is -1.19. The molecule has 1 atom stereocenters. The molecule has 0 saturated heterocycles. The molecule has 0 aromatic carbocycles. The Morgan fingerprint density at radius 2 is 2.00 bits per heavy atom. The highest BCUT2D eigenvalue weighted by atomic mass is 32.2. The van der Waals surface area contributed by atoms with Crippen LogP contribution in [0.3, 0.4) is 0 Å². The molecule has 4 heteroatoms. The highest BCUT2D eigenvalue weighted by molar-refractivity contribution is 7.82. The van der Waals surface area contributed by atoms with Crippen LogP contribution in [0.2, 0.25) is 0 Å². The van der Waals surface area contributed by atoms with E-state index in [4.69, 9.17) is 0 Å². The Morgan fingerprint density at radius 1 is 1.45 bits per heavy atom. The van der Waals surface area contributed by atoms with Gasteiger partial charge < -0.3 is 0 Å². The number of nitrogens with one attached hydrogen (secondary N) is 1. The van der Waals surface area contributed by atoms with Gasteiger partial charge in [-0.15, -0.1) is 0 Å². The minimum absolute atomic E-state index is 0.0386. The summed E-state index contributed by atoms with van der Waals surface area (Å²) in [6.45, 7) is 0. The fourth-order valence-corrected chi connectivity index (χ4v) is 1.86. The molecule has 11 heavy (non-hydrogen) atoms. The van der Waals surface area contributed by atoms with Gasteiger partial charge in [0, 0.05) is 12.2 Å². The first-order valence-electron chi connectivity index (χ1n) is 3.84. The van der Waals surface area contributed by atoms with Crippen molar-refractivity contribution in [2.75, 3.05) is 6.26 Å². The van der Waals surface area contributed by atoms with Crippen LogP contribution in [0.1, 0.15) is 25.7 Å². The topological polar surface area (TPSA) is 46.2 Å². The molecule has 64 valence electrons. The minimum atomic E-state index is -1.19. The smallest absolute Gasteiger partial charge is 0.234 e. The maximum absolute atomic E-state index is 11.2. The summed E-state index contributed by atoms with van der Waals surface area (Å²) < 4.78 is 13.0. The molecule has 3 nitrogen and oxygen atoms in total. The highest BCUT2D eigenvalue weighted by Crippen LogP contribution is 2.24. The van der Waals surface area contributed by atoms with Crippen LogP contribution in [0.4, 0.5) is 0 Å². The van der Waals surface area contributed by atoms with E-state index >= 15 is 0 Å². The molecule has 0 aliphatic heterocycles. The zero-order valence-corrected chi connectivity index (χ0v) is 7.45. The van der Waals surface area contributed by atoms with Gasteiger partial charge in [0.25, 0.3) is 0 Å². The van der Waals surface area contributed by atoms with Crippen LogP contribution in [-0.2, 0) is 15.8 Å². The Labute approximate surface area is 69.1 Å². The molecule has 1 N–H and O–H groups in total. The van der Waals surface area contributed by atoms with Gasteiger partial charge in [-0.2, -0.15) is 0 Å². The van der Waals surface area contributed by atoms with E-state index in [1.54, 1.807) is 0 Å². The van der Waals surface area contributed by atoms with Gasteiger partial charge in [-0.3, -0.25) is 9.52 Å². The van der Waals surface area contributed by atoms with Crippen LogP contribution in [0, 0.1) is 5.92 Å². The highest BCUT2D eigenvalue weighted by Gasteiger charge is 2.22. The minimum Gasteiger partial charge on any atom is -0.275 e. The van der Waals surface area contributed by atoms with Crippen molar-refractivity contribution in [3.8, 4) is 0 Å². The third-order valence-corrected chi connectivity index (χ3v) is 2.46. The van der Waals surface area contributed by atoms with Gasteiger partial charge in [0.15, 0.2) is 0 Å². The standard InChI is InChI=1S/C7H13NO2S/c1-11(10)8-7(9)6-4-2-3-5-6/h6H,2-5H2,1H3,(H,8,9). The lowest BCUT2D eigenvalue weighted by atomic mass is 10.1. The van der Waals surface area contributed by atoms with Gasteiger partial charge in [0.2, 0.25) is 5.91 Å². The van der Waals surface area contributed by atoms with Gasteiger partial charge in [-0.05, 0) is 12.8 Å². The van der Waals surface area contributed by atoms with Gasteiger partial charge in [-0.25, -0.2) is 4.21 Å². The predicted molar refractivity (Wildman–Crippen MR) is 44.2 cm³/mol.